The Morgan fingerprint density at radius 2 is 0.743 bits per heavy atom. The topological polar surface area (TPSA) is 139 Å². The van der Waals surface area contributed by atoms with Crippen LogP contribution in [0.25, 0.3) is 9.44 Å². The predicted molar refractivity (Wildman–Crippen MR) is 299 cm³/mol. The number of sulfonamides is 2. The fourth-order valence-corrected chi connectivity index (χ4v) is 9.32. The molecule has 0 spiro atoms. The summed E-state index contributed by atoms with van der Waals surface area (Å²) in [6.07, 6.45) is 1.13. The molecule has 0 aliphatic carbocycles. The molecule has 0 radical (unpaired) electrons. The Balaban J connectivity index is 0.000000469. The Kier molecular flexibility index (Phi) is 32.3. The van der Waals surface area contributed by atoms with E-state index in [2.05, 4.69) is 102 Å². The molecular formula is C58H68Cl2N4O6Ru2S2+2. The number of nitrogens with zero attached hydrogens (tertiary/aromatic N) is 2. The van der Waals surface area contributed by atoms with E-state index < -0.39 is 32.1 Å². The zero-order chi connectivity index (χ0) is 52.2. The van der Waals surface area contributed by atoms with Gasteiger partial charge in [0.05, 0.1) is 36.5 Å². The molecule has 7 rings (SSSR count). The molecule has 0 saturated carbocycles. The van der Waals surface area contributed by atoms with Crippen molar-refractivity contribution in [2.24, 2.45) is 0 Å². The van der Waals surface area contributed by atoms with Crippen molar-refractivity contribution in [3.8, 4) is 0 Å². The number of ether oxygens (including phenoxy) is 2. The van der Waals surface area contributed by atoms with Crippen LogP contribution in [-0.4, -0.2) is 49.4 Å². The molecule has 0 aliphatic rings. The van der Waals surface area contributed by atoms with Crippen LogP contribution in [0.5, 0.6) is 0 Å². The van der Waals surface area contributed by atoms with E-state index >= 15 is 0 Å². The second-order valence-electron chi connectivity index (χ2n) is 16.7. The third-order valence-corrected chi connectivity index (χ3v) is 13.1. The fourth-order valence-electron chi connectivity index (χ4n) is 7.52. The van der Waals surface area contributed by atoms with Gasteiger partial charge in [-0.25, -0.2) is 16.8 Å². The van der Waals surface area contributed by atoms with Crippen LogP contribution in [0.1, 0.15) is 74.2 Å². The van der Waals surface area contributed by atoms with Crippen molar-refractivity contribution in [3.63, 3.8) is 0 Å². The van der Waals surface area contributed by atoms with Crippen LogP contribution in [0.4, 0.5) is 0 Å². The van der Waals surface area contributed by atoms with Crippen molar-refractivity contribution in [2.75, 3.05) is 32.6 Å². The molecular weight excluding hydrogens is 1190 g/mol. The molecule has 0 aliphatic heterocycles. The summed E-state index contributed by atoms with van der Waals surface area (Å²) in [5.74, 6) is 0. The zero-order valence-corrected chi connectivity index (χ0v) is 49.3. The molecule has 0 aromatic heterocycles. The minimum absolute atomic E-state index is 0. The molecule has 2 N–H and O–H groups in total. The summed E-state index contributed by atoms with van der Waals surface area (Å²) in [6, 6.07) is 60.2. The Bertz CT molecular complexity index is 2780. The molecule has 74 heavy (non-hydrogen) atoms. The molecule has 7 aromatic carbocycles. The molecule has 396 valence electrons. The Labute approximate surface area is 471 Å². The molecule has 10 nitrogen and oxygen atoms in total. The summed E-state index contributed by atoms with van der Waals surface area (Å²) in [4.78, 5) is 0.187. The number of nitrogens with one attached hydrogen (secondary N) is 2. The van der Waals surface area contributed by atoms with Crippen LogP contribution < -0.4 is 10.6 Å². The first-order valence-corrected chi connectivity index (χ1v) is 30.8. The van der Waals surface area contributed by atoms with E-state index in [4.69, 9.17) is 9.47 Å². The van der Waals surface area contributed by atoms with Crippen molar-refractivity contribution in [1.82, 2.24) is 10.6 Å². The second kappa shape index (κ2) is 36.1. The molecule has 0 amide bonds. The van der Waals surface area contributed by atoms with Gasteiger partial charge in [0.1, 0.15) is 10.0 Å². The summed E-state index contributed by atoms with van der Waals surface area (Å²) in [5, 5.41) is 7.00. The summed E-state index contributed by atoms with van der Waals surface area (Å²) in [7, 11) is 1.69. The quantitative estimate of drug-likeness (QED) is 0.0367. The number of aryl methyl sites for hydroxylation is 3. The van der Waals surface area contributed by atoms with Crippen LogP contribution in [0.3, 0.4) is 0 Å². The van der Waals surface area contributed by atoms with Gasteiger partial charge in [-0.15, -0.1) is 0 Å². The minimum atomic E-state index is -3.90. The average molecular weight is 1250 g/mol. The van der Waals surface area contributed by atoms with Gasteiger partial charge >= 0.3 is 54.0 Å². The number of hydrogen-bond donors (Lipinski definition) is 2. The first-order valence-electron chi connectivity index (χ1n) is 23.0. The van der Waals surface area contributed by atoms with E-state index in [0.29, 0.717) is 39.5 Å². The Morgan fingerprint density at radius 3 is 1.07 bits per heavy atom. The van der Waals surface area contributed by atoms with Crippen molar-refractivity contribution in [3.05, 3.63) is 268 Å². The number of halogens is 2. The van der Waals surface area contributed by atoms with Gasteiger partial charge in [0.2, 0.25) is 0 Å². The van der Waals surface area contributed by atoms with Crippen LogP contribution in [-0.2, 0) is 77.4 Å². The fraction of sp³-hybridized carbons (Fsp3) is 0.241. The van der Waals surface area contributed by atoms with Gasteiger partial charge in [0, 0.05) is 36.3 Å². The SMILES string of the molecule is Cc1ccc(COCCNC(c2ccccc2)C([N-]S(=O)(=O)c2ccc(C)cc2)c2ccccc2)cc1.Cc1ccc(COCCNC(c2ccccc2)C([N-]S(C)(=O)=O)c2ccccc2)cc1.[CH3-].[CH3-].[Cl][Ru+3].[Cl][Ru+3]. The number of benzene rings is 7. The van der Waals surface area contributed by atoms with E-state index in [-0.39, 0.29) is 31.8 Å². The summed E-state index contributed by atoms with van der Waals surface area (Å²) in [6.45, 7) is 9.18. The maximum absolute atomic E-state index is 13.4. The third kappa shape index (κ3) is 23.5. The van der Waals surface area contributed by atoms with Crippen molar-refractivity contribution in [1.29, 1.82) is 0 Å². The molecule has 0 heterocycles. The monoisotopic (exact) mass is 1250 g/mol. The van der Waals surface area contributed by atoms with Crippen molar-refractivity contribution >= 4 is 39.4 Å². The number of rotatable bonds is 23. The molecule has 7 aromatic rings. The van der Waals surface area contributed by atoms with Crippen LogP contribution in [0.15, 0.2) is 199 Å². The van der Waals surface area contributed by atoms with Crippen LogP contribution in [0.2, 0.25) is 0 Å². The molecule has 0 saturated heterocycles. The van der Waals surface area contributed by atoms with Crippen molar-refractivity contribution in [2.45, 2.75) is 63.0 Å². The van der Waals surface area contributed by atoms with E-state index in [1.807, 2.05) is 163 Å². The van der Waals surface area contributed by atoms with E-state index in [0.717, 1.165) is 45.2 Å². The van der Waals surface area contributed by atoms with E-state index in [1.54, 1.807) is 24.3 Å². The van der Waals surface area contributed by atoms with E-state index in [9.17, 15) is 16.8 Å². The maximum atomic E-state index is 13.4. The van der Waals surface area contributed by atoms with Gasteiger partial charge in [0.25, 0.3) is 0 Å². The standard InChI is InChI=1S/C31H33N2O3S.C25H29N2O3S.2CH3.2ClH.2Ru/c1-24-13-17-26(18-14-24)23-36-22-21-32-30(27-9-5-3-6-10-27)31(28-11-7-4-8-12-28)33-37(34,35)29-19-15-25(2)16-20-29;1-20-13-15-21(16-14-20)19-30-18-17-26-24(22-9-5-3-6-10-22)25(27-31(2,28)29)23-11-7-4-8-12-23;;;;;;/h3-20,30-32H,21-23H2,1-2H3;3-16,24-26H,17-19H2,1-2H3;2*1H3;2*1H;;/q4*-1;;;2*+4/p-2. The molecule has 16 heteroatoms. The van der Waals surface area contributed by atoms with Crippen LogP contribution >= 0.6 is 19.4 Å². The van der Waals surface area contributed by atoms with Gasteiger partial charge in [-0.2, -0.15) is 0 Å². The summed E-state index contributed by atoms with van der Waals surface area (Å²) >= 11 is 3.64. The average Bonchev–Trinajstić information content (AvgIpc) is 3.40. The Morgan fingerprint density at radius 1 is 0.446 bits per heavy atom. The molecule has 4 atom stereocenters. The van der Waals surface area contributed by atoms with Gasteiger partial charge in [-0.05, 0) is 55.2 Å². The van der Waals surface area contributed by atoms with Gasteiger partial charge in [-0.3, -0.25) is 0 Å². The normalized spacial score (nSPS) is 12.5. The van der Waals surface area contributed by atoms with Gasteiger partial charge < -0.3 is 44.4 Å². The first kappa shape index (κ1) is 66.1. The number of hydrogen-bond acceptors (Lipinski definition) is 8. The van der Waals surface area contributed by atoms with Crippen molar-refractivity contribution < 1.29 is 60.9 Å². The molecule has 0 fully saturated rings. The predicted octanol–water partition coefficient (Wildman–Crippen LogP) is 13.8. The zero-order valence-electron chi connectivity index (χ0n) is 42.7. The summed E-state index contributed by atoms with van der Waals surface area (Å²) in [5.41, 5.74) is 9.26. The van der Waals surface area contributed by atoms with Crippen LogP contribution in [0, 0.1) is 35.6 Å². The molecule has 4 unspecified atom stereocenters. The third-order valence-electron chi connectivity index (χ3n) is 11.1. The Hall–Kier alpha value is -3.97. The summed E-state index contributed by atoms with van der Waals surface area (Å²) < 4.78 is 71.4. The second-order valence-corrected chi connectivity index (χ2v) is 20.0. The first-order chi connectivity index (χ1) is 34.8. The molecule has 0 bridgehead atoms. The van der Waals surface area contributed by atoms with Gasteiger partial charge in [0.15, 0.2) is 0 Å². The van der Waals surface area contributed by atoms with Gasteiger partial charge in [-0.1, -0.05) is 222 Å². The van der Waals surface area contributed by atoms with E-state index in [1.165, 1.54) is 11.1 Å².